The lowest BCUT2D eigenvalue weighted by atomic mass is 10.0. The van der Waals surface area contributed by atoms with E-state index in [-0.39, 0.29) is 11.9 Å². The predicted octanol–water partition coefficient (Wildman–Crippen LogP) is 7.30. The Hall–Kier alpha value is -2.37. The van der Waals surface area contributed by atoms with Crippen LogP contribution in [-0.2, 0) is 11.2 Å². The lowest BCUT2D eigenvalue weighted by molar-refractivity contribution is -0.121. The van der Waals surface area contributed by atoms with E-state index < -0.39 is 0 Å². The average molecular weight is 496 g/mol. The molecule has 0 aliphatic carbocycles. The van der Waals surface area contributed by atoms with Gasteiger partial charge in [0.05, 0.1) is 5.69 Å². The van der Waals surface area contributed by atoms with Crippen LogP contribution < -0.4 is 5.32 Å². The zero-order valence-corrected chi connectivity index (χ0v) is 22.9. The van der Waals surface area contributed by atoms with E-state index in [1.54, 1.807) is 17.8 Å². The van der Waals surface area contributed by atoms with Crippen molar-refractivity contribution in [2.45, 2.75) is 70.2 Å². The van der Waals surface area contributed by atoms with Crippen molar-refractivity contribution in [1.82, 2.24) is 10.2 Å². The van der Waals surface area contributed by atoms with Crippen molar-refractivity contribution in [2.75, 3.05) is 25.4 Å². The number of aryl methyl sites for hydroxylation is 1. The molecule has 0 fully saturated rings. The van der Waals surface area contributed by atoms with E-state index in [1.807, 2.05) is 24.3 Å². The minimum atomic E-state index is 0.101. The van der Waals surface area contributed by atoms with E-state index in [4.69, 9.17) is 0 Å². The Labute approximate surface area is 218 Å². The van der Waals surface area contributed by atoms with Gasteiger partial charge in [-0.25, -0.2) is 0 Å². The molecule has 5 heteroatoms. The topological polar surface area (TPSA) is 44.7 Å². The summed E-state index contributed by atoms with van der Waals surface area (Å²) in [7, 11) is 0. The van der Waals surface area contributed by atoms with E-state index in [0.717, 1.165) is 68.1 Å². The molecule has 0 radical (unpaired) electrons. The second-order valence-corrected chi connectivity index (χ2v) is 9.71. The molecular weight excluding hydrogens is 450 g/mol. The van der Waals surface area contributed by atoms with Crippen LogP contribution in [0, 0.1) is 0 Å². The van der Waals surface area contributed by atoms with Gasteiger partial charge in [-0.3, -0.25) is 14.7 Å². The van der Waals surface area contributed by atoms with Crippen LogP contribution >= 0.6 is 11.8 Å². The molecule has 1 aromatic carbocycles. The van der Waals surface area contributed by atoms with Gasteiger partial charge < -0.3 is 5.32 Å². The van der Waals surface area contributed by atoms with Crippen molar-refractivity contribution in [2.24, 2.45) is 4.99 Å². The molecule has 4 nitrogen and oxygen atoms in total. The number of nitrogens with zero attached hydrogens (tertiary/aromatic N) is 2. The first-order valence-electron chi connectivity index (χ1n) is 12.8. The first-order valence-corrected chi connectivity index (χ1v) is 13.8. The first-order chi connectivity index (χ1) is 17.0. The van der Waals surface area contributed by atoms with Crippen LogP contribution in [0.4, 0.5) is 5.69 Å². The van der Waals surface area contributed by atoms with Crippen LogP contribution in [0.2, 0.25) is 0 Å². The minimum absolute atomic E-state index is 0.101. The number of carbonyl (C=O) groups excluding carboxylic acids is 1. The highest BCUT2D eigenvalue weighted by Gasteiger charge is 2.14. The molecule has 0 saturated heterocycles. The Kier molecular flexibility index (Phi) is 16.6. The van der Waals surface area contributed by atoms with Crippen molar-refractivity contribution in [3.05, 3.63) is 72.9 Å². The van der Waals surface area contributed by atoms with E-state index in [1.165, 1.54) is 11.1 Å². The molecule has 1 rings (SSSR count). The summed E-state index contributed by atoms with van der Waals surface area (Å²) in [5, 5.41) is 3.27. The number of nitrogens with one attached hydrogen (secondary N) is 1. The summed E-state index contributed by atoms with van der Waals surface area (Å²) < 4.78 is 0. The number of carbonyl (C=O) groups is 1. The minimum Gasteiger partial charge on any atom is -0.353 e. The van der Waals surface area contributed by atoms with Crippen LogP contribution in [0.1, 0.15) is 58.4 Å². The van der Waals surface area contributed by atoms with E-state index in [0.29, 0.717) is 6.42 Å². The van der Waals surface area contributed by atoms with E-state index in [2.05, 4.69) is 74.1 Å². The Morgan fingerprint density at radius 3 is 2.63 bits per heavy atom. The zero-order chi connectivity index (χ0) is 25.9. The largest absolute Gasteiger partial charge is 0.353 e. The molecule has 1 aromatic rings. The maximum atomic E-state index is 12.7. The summed E-state index contributed by atoms with van der Waals surface area (Å²) in [6.07, 6.45) is 14.8. The smallest absolute Gasteiger partial charge is 0.220 e. The summed E-state index contributed by atoms with van der Waals surface area (Å²) in [5.41, 5.74) is 3.38. The fraction of sp³-hybridized carbons (Fsp3) is 0.467. The Morgan fingerprint density at radius 1 is 1.20 bits per heavy atom. The van der Waals surface area contributed by atoms with Gasteiger partial charge in [-0.1, -0.05) is 75.9 Å². The number of thioether (sulfide) groups is 1. The SMILES string of the molecule is C=C/C=C\C=C/CCC(CC(=C)CN(CC)CC)NC(=O)CCCSc1cc(CC)ccc1N=C. The number of amides is 1. The molecule has 35 heavy (non-hydrogen) atoms. The molecule has 0 saturated carbocycles. The second kappa shape index (κ2) is 18.9. The van der Waals surface area contributed by atoms with Gasteiger partial charge >= 0.3 is 0 Å². The fourth-order valence-electron chi connectivity index (χ4n) is 3.76. The van der Waals surface area contributed by atoms with Gasteiger partial charge in [-0.05, 0) is 75.4 Å². The van der Waals surface area contributed by atoms with Gasteiger partial charge in [0.1, 0.15) is 0 Å². The van der Waals surface area contributed by atoms with Crippen molar-refractivity contribution in [3.63, 3.8) is 0 Å². The number of likely N-dealkylation sites (N-methyl/N-ethyl adjacent to an activating group) is 1. The Bertz CT molecular complexity index is 855. The van der Waals surface area contributed by atoms with Crippen LogP contribution in [-0.4, -0.2) is 49.0 Å². The number of rotatable bonds is 19. The number of aliphatic imine (C=N–C) groups is 1. The van der Waals surface area contributed by atoms with E-state index >= 15 is 0 Å². The van der Waals surface area contributed by atoms with E-state index in [9.17, 15) is 4.79 Å². The Balaban J connectivity index is 2.60. The average Bonchev–Trinajstić information content (AvgIpc) is 2.86. The summed E-state index contributed by atoms with van der Waals surface area (Å²) in [5.74, 6) is 0.993. The predicted molar refractivity (Wildman–Crippen MR) is 156 cm³/mol. The fourth-order valence-corrected chi connectivity index (χ4v) is 4.78. The van der Waals surface area contributed by atoms with Gasteiger partial charge in [-0.2, -0.15) is 0 Å². The van der Waals surface area contributed by atoms with Crippen molar-refractivity contribution in [1.29, 1.82) is 0 Å². The Morgan fingerprint density at radius 2 is 1.97 bits per heavy atom. The van der Waals surface area contributed by atoms with Crippen LogP contribution in [0.3, 0.4) is 0 Å². The number of allylic oxidation sites excluding steroid dienone is 5. The highest BCUT2D eigenvalue weighted by atomic mass is 32.2. The molecule has 0 heterocycles. The lowest BCUT2D eigenvalue weighted by Crippen LogP contribution is -2.36. The van der Waals surface area contributed by atoms with Gasteiger partial charge in [0, 0.05) is 23.9 Å². The molecule has 0 aliphatic heterocycles. The van der Waals surface area contributed by atoms with Crippen LogP contribution in [0.15, 0.2) is 77.2 Å². The molecule has 192 valence electrons. The molecule has 0 aliphatic rings. The first kappa shape index (κ1) is 30.7. The molecule has 0 bridgehead atoms. The molecule has 1 N–H and O–H groups in total. The normalized spacial score (nSPS) is 12.3. The third-order valence-corrected chi connectivity index (χ3v) is 6.96. The quantitative estimate of drug-likeness (QED) is 0.0720. The number of benzene rings is 1. The lowest BCUT2D eigenvalue weighted by Gasteiger charge is -2.23. The summed E-state index contributed by atoms with van der Waals surface area (Å²) in [6, 6.07) is 6.41. The second-order valence-electron chi connectivity index (χ2n) is 8.57. The van der Waals surface area contributed by atoms with Crippen LogP contribution in [0.25, 0.3) is 0 Å². The van der Waals surface area contributed by atoms with Crippen LogP contribution in [0.5, 0.6) is 0 Å². The van der Waals surface area contributed by atoms with Gasteiger partial charge in [0.2, 0.25) is 5.91 Å². The van der Waals surface area contributed by atoms with Crippen molar-refractivity contribution < 1.29 is 4.79 Å². The molecular formula is C30H45N3OS. The maximum absolute atomic E-state index is 12.7. The maximum Gasteiger partial charge on any atom is 0.220 e. The molecule has 1 atom stereocenters. The summed E-state index contributed by atoms with van der Waals surface area (Å²) >= 11 is 1.75. The number of hydrogen-bond donors (Lipinski definition) is 1. The highest BCUT2D eigenvalue weighted by molar-refractivity contribution is 7.99. The highest BCUT2D eigenvalue weighted by Crippen LogP contribution is 2.31. The monoisotopic (exact) mass is 495 g/mol. The summed E-state index contributed by atoms with van der Waals surface area (Å²) in [6.45, 7) is 21.0. The molecule has 0 spiro atoms. The molecule has 1 amide bonds. The van der Waals surface area contributed by atoms with Crippen molar-refractivity contribution >= 4 is 30.1 Å². The van der Waals surface area contributed by atoms with Gasteiger partial charge in [0.15, 0.2) is 0 Å². The third kappa shape index (κ3) is 13.3. The molecule has 0 aromatic heterocycles. The van der Waals surface area contributed by atoms with Gasteiger partial charge in [-0.15, -0.1) is 11.8 Å². The van der Waals surface area contributed by atoms with Crippen molar-refractivity contribution in [3.8, 4) is 0 Å². The zero-order valence-electron chi connectivity index (χ0n) is 22.1. The molecule has 1 unspecified atom stereocenters. The standard InChI is InChI=1S/C30H45N3OS/c1-7-11-12-13-14-15-17-27(22-25(5)24-33(9-3)10-4)32-30(34)18-16-21-35-29-23-26(8-2)19-20-28(29)31-6/h7,11-14,19-20,23,27H,1,5-6,8-10,15-18,21-22,24H2,2-4H3,(H,32,34)/b12-11-,14-13-. The number of hydrogen-bond acceptors (Lipinski definition) is 4. The van der Waals surface area contributed by atoms with Gasteiger partial charge in [0.25, 0.3) is 0 Å². The third-order valence-electron chi connectivity index (χ3n) is 5.83. The summed E-state index contributed by atoms with van der Waals surface area (Å²) in [4.78, 5) is 20.4.